The Labute approximate surface area is 89.6 Å². The largest absolute Gasteiger partial charge is 0.306 e. The molecule has 0 aliphatic carbocycles. The predicted octanol–water partition coefficient (Wildman–Crippen LogP) is 1.04. The van der Waals surface area contributed by atoms with Crippen LogP contribution in [0.3, 0.4) is 0 Å². The van der Waals surface area contributed by atoms with Crippen LogP contribution >= 0.6 is 0 Å². The molecule has 1 aliphatic rings. The first-order chi connectivity index (χ1) is 7.31. The van der Waals surface area contributed by atoms with Gasteiger partial charge in [-0.3, -0.25) is 0 Å². The van der Waals surface area contributed by atoms with E-state index in [2.05, 4.69) is 28.0 Å². The van der Waals surface area contributed by atoms with E-state index in [0.717, 1.165) is 25.2 Å². The van der Waals surface area contributed by atoms with Crippen molar-refractivity contribution in [3.05, 3.63) is 24.3 Å². The lowest BCUT2D eigenvalue weighted by molar-refractivity contribution is 0.385. The molecule has 1 saturated heterocycles. The monoisotopic (exact) mass is 202 g/mol. The molecular weight excluding hydrogens is 188 g/mol. The number of likely N-dealkylation sites (tertiary alicyclic amines) is 1. The standard InChI is InChI=1S/C11H14N4/c1-15-5-3-9(7-15)10(6-12)11-2-4-13-8-14-11/h2,4,8-10H,3,5,7H2,1H3. The van der Waals surface area contributed by atoms with Crippen molar-refractivity contribution < 1.29 is 0 Å². The molecule has 0 N–H and O–H groups in total. The molecule has 1 aromatic rings. The van der Waals surface area contributed by atoms with Crippen LogP contribution in [-0.2, 0) is 0 Å². The highest BCUT2D eigenvalue weighted by Gasteiger charge is 2.29. The fraction of sp³-hybridized carbons (Fsp3) is 0.545. The SMILES string of the molecule is CN1CCC(C(C#N)c2ccncn2)C1. The summed E-state index contributed by atoms with van der Waals surface area (Å²) in [4.78, 5) is 10.3. The Balaban J connectivity index is 2.15. The molecule has 2 atom stereocenters. The van der Waals surface area contributed by atoms with Crippen LogP contribution in [0.4, 0.5) is 0 Å². The molecule has 2 heterocycles. The summed E-state index contributed by atoms with van der Waals surface area (Å²) in [6, 6.07) is 4.20. The Morgan fingerprint density at radius 1 is 1.67 bits per heavy atom. The maximum atomic E-state index is 9.20. The predicted molar refractivity (Wildman–Crippen MR) is 56.0 cm³/mol. The minimum absolute atomic E-state index is 0.0852. The van der Waals surface area contributed by atoms with Gasteiger partial charge in [0.1, 0.15) is 6.33 Å². The number of hydrogen-bond donors (Lipinski definition) is 0. The van der Waals surface area contributed by atoms with E-state index in [0.29, 0.717) is 5.92 Å². The quantitative estimate of drug-likeness (QED) is 0.719. The van der Waals surface area contributed by atoms with Crippen molar-refractivity contribution in [3.8, 4) is 6.07 Å². The Kier molecular flexibility index (Phi) is 2.93. The minimum atomic E-state index is -0.0852. The van der Waals surface area contributed by atoms with E-state index in [-0.39, 0.29) is 5.92 Å². The highest BCUT2D eigenvalue weighted by Crippen LogP contribution is 2.29. The average molecular weight is 202 g/mol. The average Bonchev–Trinajstić information content (AvgIpc) is 2.68. The molecule has 0 spiro atoms. The van der Waals surface area contributed by atoms with Crippen molar-refractivity contribution in [3.63, 3.8) is 0 Å². The molecule has 1 fully saturated rings. The van der Waals surface area contributed by atoms with Crippen LogP contribution in [-0.4, -0.2) is 35.0 Å². The third-order valence-electron chi connectivity index (χ3n) is 2.96. The van der Waals surface area contributed by atoms with Crippen molar-refractivity contribution in [2.45, 2.75) is 12.3 Å². The first-order valence-electron chi connectivity index (χ1n) is 5.15. The van der Waals surface area contributed by atoms with Gasteiger partial charge in [-0.1, -0.05) is 0 Å². The zero-order valence-corrected chi connectivity index (χ0v) is 8.80. The van der Waals surface area contributed by atoms with Crippen LogP contribution in [0.15, 0.2) is 18.6 Å². The zero-order valence-electron chi connectivity index (χ0n) is 8.80. The molecular formula is C11H14N4. The van der Waals surface area contributed by atoms with Gasteiger partial charge in [-0.15, -0.1) is 0 Å². The van der Waals surface area contributed by atoms with Crippen molar-refractivity contribution >= 4 is 0 Å². The second-order valence-corrected chi connectivity index (χ2v) is 4.05. The molecule has 15 heavy (non-hydrogen) atoms. The van der Waals surface area contributed by atoms with E-state index in [9.17, 15) is 5.26 Å². The highest BCUT2D eigenvalue weighted by molar-refractivity contribution is 5.17. The molecule has 0 radical (unpaired) electrons. The molecule has 0 bridgehead atoms. The molecule has 0 saturated carbocycles. The lowest BCUT2D eigenvalue weighted by Gasteiger charge is -2.15. The first-order valence-corrected chi connectivity index (χ1v) is 5.15. The molecule has 4 nitrogen and oxygen atoms in total. The van der Waals surface area contributed by atoms with Crippen LogP contribution in [0.1, 0.15) is 18.0 Å². The third kappa shape index (κ3) is 2.13. The highest BCUT2D eigenvalue weighted by atomic mass is 15.1. The lowest BCUT2D eigenvalue weighted by atomic mass is 9.90. The van der Waals surface area contributed by atoms with Gasteiger partial charge in [-0.2, -0.15) is 5.26 Å². The Morgan fingerprint density at radius 3 is 3.07 bits per heavy atom. The first kappa shape index (κ1) is 10.1. The maximum Gasteiger partial charge on any atom is 0.115 e. The number of hydrogen-bond acceptors (Lipinski definition) is 4. The van der Waals surface area contributed by atoms with Crippen molar-refractivity contribution in [1.82, 2.24) is 14.9 Å². The Bertz CT molecular complexity index is 357. The molecule has 2 unspecified atom stereocenters. The van der Waals surface area contributed by atoms with Crippen molar-refractivity contribution in [1.29, 1.82) is 5.26 Å². The minimum Gasteiger partial charge on any atom is -0.306 e. The maximum absolute atomic E-state index is 9.20. The zero-order chi connectivity index (χ0) is 10.7. The second kappa shape index (κ2) is 4.37. The summed E-state index contributed by atoms with van der Waals surface area (Å²) in [5, 5.41) is 9.20. The summed E-state index contributed by atoms with van der Waals surface area (Å²) in [5.41, 5.74) is 0.854. The smallest absolute Gasteiger partial charge is 0.115 e. The van der Waals surface area contributed by atoms with Crippen LogP contribution in [0.2, 0.25) is 0 Å². The molecule has 1 aliphatic heterocycles. The number of rotatable bonds is 2. The van der Waals surface area contributed by atoms with E-state index in [4.69, 9.17) is 0 Å². The molecule has 0 amide bonds. The Hall–Kier alpha value is -1.47. The summed E-state index contributed by atoms with van der Waals surface area (Å²) in [7, 11) is 2.09. The van der Waals surface area contributed by atoms with Crippen molar-refractivity contribution in [2.75, 3.05) is 20.1 Å². The van der Waals surface area contributed by atoms with E-state index in [1.807, 2.05) is 6.07 Å². The Morgan fingerprint density at radius 2 is 2.53 bits per heavy atom. The fourth-order valence-electron chi connectivity index (χ4n) is 2.14. The van der Waals surface area contributed by atoms with Crippen LogP contribution in [0.25, 0.3) is 0 Å². The van der Waals surface area contributed by atoms with Gasteiger partial charge in [0.05, 0.1) is 17.7 Å². The number of aromatic nitrogens is 2. The normalized spacial score (nSPS) is 23.6. The summed E-state index contributed by atoms with van der Waals surface area (Å²) in [6.45, 7) is 2.07. The topological polar surface area (TPSA) is 52.8 Å². The van der Waals surface area contributed by atoms with Gasteiger partial charge in [0.25, 0.3) is 0 Å². The molecule has 4 heteroatoms. The summed E-state index contributed by atoms with van der Waals surface area (Å²) < 4.78 is 0. The summed E-state index contributed by atoms with van der Waals surface area (Å²) >= 11 is 0. The number of nitriles is 1. The number of nitrogens with zero attached hydrogens (tertiary/aromatic N) is 4. The molecule has 1 aromatic heterocycles. The summed E-state index contributed by atoms with van der Waals surface area (Å²) in [5.74, 6) is 0.327. The summed E-state index contributed by atoms with van der Waals surface area (Å²) in [6.07, 6.45) is 4.29. The van der Waals surface area contributed by atoms with Gasteiger partial charge < -0.3 is 4.90 Å². The molecule has 78 valence electrons. The van der Waals surface area contributed by atoms with Crippen LogP contribution in [0, 0.1) is 17.2 Å². The van der Waals surface area contributed by atoms with Gasteiger partial charge in [-0.25, -0.2) is 9.97 Å². The molecule has 2 rings (SSSR count). The van der Waals surface area contributed by atoms with Gasteiger partial charge in [-0.05, 0) is 32.0 Å². The molecule has 0 aromatic carbocycles. The third-order valence-corrected chi connectivity index (χ3v) is 2.96. The van der Waals surface area contributed by atoms with E-state index < -0.39 is 0 Å². The second-order valence-electron chi connectivity index (χ2n) is 4.05. The van der Waals surface area contributed by atoms with E-state index in [1.54, 1.807) is 6.20 Å². The fourth-order valence-corrected chi connectivity index (χ4v) is 2.14. The van der Waals surface area contributed by atoms with Crippen molar-refractivity contribution in [2.24, 2.45) is 5.92 Å². The van der Waals surface area contributed by atoms with E-state index >= 15 is 0 Å². The van der Waals surface area contributed by atoms with Crippen LogP contribution in [0.5, 0.6) is 0 Å². The van der Waals surface area contributed by atoms with E-state index in [1.165, 1.54) is 6.33 Å². The van der Waals surface area contributed by atoms with Gasteiger partial charge in [0.15, 0.2) is 0 Å². The van der Waals surface area contributed by atoms with Gasteiger partial charge in [0.2, 0.25) is 0 Å². The van der Waals surface area contributed by atoms with Gasteiger partial charge in [0, 0.05) is 12.7 Å². The lowest BCUT2D eigenvalue weighted by Crippen LogP contribution is -2.18. The van der Waals surface area contributed by atoms with Crippen LogP contribution < -0.4 is 0 Å². The van der Waals surface area contributed by atoms with Gasteiger partial charge >= 0.3 is 0 Å².